The van der Waals surface area contributed by atoms with Crippen LogP contribution in [0, 0.1) is 6.92 Å². The van der Waals surface area contributed by atoms with Crippen LogP contribution >= 0.6 is 0 Å². The molecule has 0 spiro atoms. The molecular formula is C24H21N3O4. The van der Waals surface area contributed by atoms with E-state index in [-0.39, 0.29) is 12.2 Å². The van der Waals surface area contributed by atoms with Crippen LogP contribution in [0.1, 0.15) is 38.6 Å². The number of cyclic esters (lactones) is 1. The number of benzene rings is 1. The Hall–Kier alpha value is -3.84. The quantitative estimate of drug-likeness (QED) is 0.435. The first kappa shape index (κ1) is 19.1. The summed E-state index contributed by atoms with van der Waals surface area (Å²) in [5.74, 6) is -0.313. The summed E-state index contributed by atoms with van der Waals surface area (Å²) in [7, 11) is 0. The van der Waals surface area contributed by atoms with Crippen LogP contribution in [0.25, 0.3) is 22.7 Å². The minimum atomic E-state index is -0.651. The predicted molar refractivity (Wildman–Crippen MR) is 117 cm³/mol. The summed E-state index contributed by atoms with van der Waals surface area (Å²) in [5, 5.41) is 11.0. The number of rotatable bonds is 5. The summed E-state index contributed by atoms with van der Waals surface area (Å²) >= 11 is 0. The Morgan fingerprint density at radius 1 is 1.16 bits per heavy atom. The third kappa shape index (κ3) is 3.29. The van der Waals surface area contributed by atoms with Crippen molar-refractivity contribution in [3.05, 3.63) is 92.8 Å². The molecule has 0 fully saturated rings. The monoisotopic (exact) mass is 415 g/mol. The van der Waals surface area contributed by atoms with Crippen LogP contribution < -0.4 is 5.56 Å². The van der Waals surface area contributed by atoms with Crippen LogP contribution in [-0.2, 0) is 24.3 Å². The predicted octanol–water partition coefficient (Wildman–Crippen LogP) is 3.37. The van der Waals surface area contributed by atoms with Gasteiger partial charge in [-0.2, -0.15) is 0 Å². The second-order valence-electron chi connectivity index (χ2n) is 7.64. The van der Waals surface area contributed by atoms with Crippen LogP contribution in [0.2, 0.25) is 0 Å². The van der Waals surface area contributed by atoms with Crippen molar-refractivity contribution in [2.24, 2.45) is 0 Å². The summed E-state index contributed by atoms with van der Waals surface area (Å²) < 4.78 is 7.40. The SMILES string of the molecule is Cc1cc2c(c(=O)[nH]1)C(=O)O/C2=C\c1ccc(CO)n1CCc1c[nH]c2ccccc12. The third-order valence-electron chi connectivity index (χ3n) is 5.67. The van der Waals surface area contributed by atoms with E-state index in [1.165, 1.54) is 10.9 Å². The molecule has 0 bridgehead atoms. The zero-order valence-electron chi connectivity index (χ0n) is 16.9. The minimum absolute atomic E-state index is 0.0242. The van der Waals surface area contributed by atoms with Gasteiger partial charge in [0.15, 0.2) is 0 Å². The van der Waals surface area contributed by atoms with Crippen molar-refractivity contribution < 1.29 is 14.6 Å². The number of nitrogens with one attached hydrogen (secondary N) is 2. The molecule has 0 saturated carbocycles. The fraction of sp³-hybridized carbons (Fsp3) is 0.167. The molecule has 0 radical (unpaired) electrons. The lowest BCUT2D eigenvalue weighted by Gasteiger charge is -2.11. The second kappa shape index (κ2) is 7.45. The molecule has 31 heavy (non-hydrogen) atoms. The van der Waals surface area contributed by atoms with Crippen molar-refractivity contribution in [1.82, 2.24) is 14.5 Å². The smallest absolute Gasteiger partial charge is 0.349 e. The van der Waals surface area contributed by atoms with E-state index in [2.05, 4.69) is 16.0 Å². The van der Waals surface area contributed by atoms with Crippen molar-refractivity contribution in [3.8, 4) is 0 Å². The van der Waals surface area contributed by atoms with Gasteiger partial charge in [-0.3, -0.25) is 4.79 Å². The zero-order chi connectivity index (χ0) is 21.5. The van der Waals surface area contributed by atoms with Gasteiger partial charge < -0.3 is 24.4 Å². The number of aliphatic hydroxyl groups excluding tert-OH is 1. The molecule has 0 saturated heterocycles. The number of aromatic amines is 2. The topological polar surface area (TPSA) is 100 Å². The third-order valence-corrected chi connectivity index (χ3v) is 5.67. The number of carbonyl (C=O) groups excluding carboxylic acids is 1. The van der Waals surface area contributed by atoms with E-state index in [0.717, 1.165) is 23.3 Å². The van der Waals surface area contributed by atoms with Gasteiger partial charge in [-0.1, -0.05) is 18.2 Å². The van der Waals surface area contributed by atoms with E-state index >= 15 is 0 Å². The lowest BCUT2D eigenvalue weighted by atomic mass is 10.1. The Labute approximate surface area is 177 Å². The molecular weight excluding hydrogens is 394 g/mol. The first-order valence-electron chi connectivity index (χ1n) is 10.1. The average Bonchev–Trinajstić information content (AvgIpc) is 3.42. The van der Waals surface area contributed by atoms with Gasteiger partial charge in [-0.25, -0.2) is 4.79 Å². The lowest BCUT2D eigenvalue weighted by molar-refractivity contribution is 0.0715. The lowest BCUT2D eigenvalue weighted by Crippen LogP contribution is -2.16. The Bertz CT molecular complexity index is 1400. The van der Waals surface area contributed by atoms with E-state index in [1.54, 1.807) is 19.1 Å². The highest BCUT2D eigenvalue weighted by Crippen LogP contribution is 2.30. The number of carbonyl (C=O) groups is 1. The first-order chi connectivity index (χ1) is 15.0. The van der Waals surface area contributed by atoms with Crippen LogP contribution in [-0.4, -0.2) is 25.6 Å². The number of H-pyrrole nitrogens is 2. The number of fused-ring (bicyclic) bond motifs is 2. The number of hydrogen-bond acceptors (Lipinski definition) is 4. The van der Waals surface area contributed by atoms with Crippen molar-refractivity contribution in [2.45, 2.75) is 26.5 Å². The van der Waals surface area contributed by atoms with E-state index in [0.29, 0.717) is 23.6 Å². The van der Waals surface area contributed by atoms with E-state index in [4.69, 9.17) is 4.74 Å². The van der Waals surface area contributed by atoms with Gasteiger partial charge in [0.25, 0.3) is 5.56 Å². The fourth-order valence-corrected chi connectivity index (χ4v) is 4.17. The highest BCUT2D eigenvalue weighted by molar-refractivity contribution is 6.05. The van der Waals surface area contributed by atoms with Crippen molar-refractivity contribution >= 4 is 28.7 Å². The van der Waals surface area contributed by atoms with E-state index < -0.39 is 11.5 Å². The van der Waals surface area contributed by atoms with Gasteiger partial charge >= 0.3 is 5.97 Å². The molecule has 4 aromatic rings. The molecule has 156 valence electrons. The van der Waals surface area contributed by atoms with Crippen LogP contribution in [0.5, 0.6) is 0 Å². The number of hydrogen-bond donors (Lipinski definition) is 3. The zero-order valence-corrected chi connectivity index (χ0v) is 16.9. The summed E-state index contributed by atoms with van der Waals surface area (Å²) in [4.78, 5) is 30.3. The Morgan fingerprint density at radius 3 is 2.84 bits per heavy atom. The molecule has 1 aliphatic heterocycles. The van der Waals surface area contributed by atoms with Crippen LogP contribution in [0.3, 0.4) is 0 Å². The Morgan fingerprint density at radius 2 is 2.00 bits per heavy atom. The second-order valence-corrected chi connectivity index (χ2v) is 7.64. The number of aryl methyl sites for hydroxylation is 2. The summed E-state index contributed by atoms with van der Waals surface area (Å²) in [5.41, 5.74) is 4.54. The van der Waals surface area contributed by atoms with E-state index in [9.17, 15) is 14.7 Å². The number of esters is 1. The van der Waals surface area contributed by atoms with Crippen molar-refractivity contribution in [1.29, 1.82) is 0 Å². The molecule has 4 heterocycles. The largest absolute Gasteiger partial charge is 0.422 e. The van der Waals surface area contributed by atoms with E-state index in [1.807, 2.05) is 41.1 Å². The number of ether oxygens (including phenoxy) is 1. The standard InChI is InChI=1S/C24H21N3O4/c1-14-10-19-21(31-24(30)22(19)23(29)26-14)11-16-6-7-17(13-28)27(16)9-8-15-12-25-20-5-3-2-4-18(15)20/h2-7,10-12,25,28H,8-9,13H2,1H3,(H,26,29)/b21-11-. The minimum Gasteiger partial charge on any atom is -0.422 e. The van der Waals surface area contributed by atoms with Gasteiger partial charge in [0, 0.05) is 52.4 Å². The average molecular weight is 415 g/mol. The highest BCUT2D eigenvalue weighted by Gasteiger charge is 2.30. The maximum absolute atomic E-state index is 12.2. The molecule has 0 aliphatic carbocycles. The van der Waals surface area contributed by atoms with Gasteiger partial charge in [0.1, 0.15) is 11.3 Å². The van der Waals surface area contributed by atoms with Crippen LogP contribution in [0.4, 0.5) is 0 Å². The first-order valence-corrected chi connectivity index (χ1v) is 10.1. The maximum atomic E-state index is 12.2. The number of nitrogens with zero attached hydrogens (tertiary/aromatic N) is 1. The van der Waals surface area contributed by atoms with Gasteiger partial charge in [0.05, 0.1) is 6.61 Å². The molecule has 0 unspecified atom stereocenters. The van der Waals surface area contributed by atoms with Gasteiger partial charge in [0.2, 0.25) is 0 Å². The molecule has 1 aromatic carbocycles. The van der Waals surface area contributed by atoms with Gasteiger partial charge in [-0.05, 0) is 43.2 Å². The molecule has 0 amide bonds. The maximum Gasteiger partial charge on any atom is 0.349 e. The Kier molecular flexibility index (Phi) is 4.60. The molecule has 0 atom stereocenters. The summed E-state index contributed by atoms with van der Waals surface area (Å²) in [6, 6.07) is 13.6. The highest BCUT2D eigenvalue weighted by atomic mass is 16.5. The molecule has 3 aromatic heterocycles. The number of pyridine rings is 1. The fourth-order valence-electron chi connectivity index (χ4n) is 4.17. The molecule has 5 rings (SSSR count). The van der Waals surface area contributed by atoms with Crippen molar-refractivity contribution in [3.63, 3.8) is 0 Å². The number of aliphatic hydroxyl groups is 1. The summed E-state index contributed by atoms with van der Waals surface area (Å²) in [6.07, 6.45) is 4.52. The molecule has 1 aliphatic rings. The Balaban J connectivity index is 1.50. The number of para-hydroxylation sites is 1. The van der Waals surface area contributed by atoms with Gasteiger partial charge in [-0.15, -0.1) is 0 Å². The van der Waals surface area contributed by atoms with Crippen LogP contribution in [0.15, 0.2) is 53.5 Å². The number of aromatic nitrogens is 3. The normalized spacial score (nSPS) is 14.4. The van der Waals surface area contributed by atoms with Crippen molar-refractivity contribution in [2.75, 3.05) is 0 Å². The molecule has 3 N–H and O–H groups in total. The molecule has 7 nitrogen and oxygen atoms in total. The molecule has 7 heteroatoms. The summed E-state index contributed by atoms with van der Waals surface area (Å²) in [6.45, 7) is 2.29.